The lowest BCUT2D eigenvalue weighted by Crippen LogP contribution is -2.14. The highest BCUT2D eigenvalue weighted by Gasteiger charge is 2.16. The Labute approximate surface area is 251 Å². The van der Waals surface area contributed by atoms with Gasteiger partial charge in [0.2, 0.25) is 0 Å². The first kappa shape index (κ1) is 29.2. The van der Waals surface area contributed by atoms with Crippen LogP contribution in [0.1, 0.15) is 40.7 Å². The fourth-order valence-electron chi connectivity index (χ4n) is 5.03. The van der Waals surface area contributed by atoms with Crippen molar-refractivity contribution in [2.75, 3.05) is 19.0 Å². The Morgan fingerprint density at radius 1 is 0.929 bits per heavy atom. The predicted octanol–water partition coefficient (Wildman–Crippen LogP) is 7.92. The summed E-state index contributed by atoms with van der Waals surface area (Å²) in [5.41, 5.74) is 13.0. The third-order valence-corrected chi connectivity index (χ3v) is 8.18. The molecule has 0 atom stereocenters. The van der Waals surface area contributed by atoms with Crippen LogP contribution in [0.25, 0.3) is 22.0 Å². The minimum atomic E-state index is -0.547. The Morgan fingerprint density at radius 2 is 1.74 bits per heavy atom. The van der Waals surface area contributed by atoms with Gasteiger partial charge in [0, 0.05) is 39.7 Å². The van der Waals surface area contributed by atoms with Crippen molar-refractivity contribution < 1.29 is 14.6 Å². The summed E-state index contributed by atoms with van der Waals surface area (Å²) in [6.45, 7) is 2.29. The van der Waals surface area contributed by atoms with E-state index in [0.717, 1.165) is 63.2 Å². The average molecular weight is 578 g/mol. The largest absolute Gasteiger partial charge is 0.497 e. The van der Waals surface area contributed by atoms with Crippen LogP contribution < -0.4 is 15.8 Å². The molecule has 5 aromatic rings. The molecule has 0 saturated heterocycles. The van der Waals surface area contributed by atoms with E-state index in [-0.39, 0.29) is 6.61 Å². The van der Waals surface area contributed by atoms with E-state index in [1.54, 1.807) is 18.9 Å². The lowest BCUT2D eigenvalue weighted by atomic mass is 10.0. The van der Waals surface area contributed by atoms with E-state index in [2.05, 4.69) is 71.0 Å². The van der Waals surface area contributed by atoms with Crippen LogP contribution in [0.3, 0.4) is 0 Å². The fourth-order valence-corrected chi connectivity index (χ4v) is 6.05. The number of nitrogens with two attached hydrogens (primary N) is 1. The average Bonchev–Trinajstić information content (AvgIpc) is 3.00. The van der Waals surface area contributed by atoms with E-state index in [9.17, 15) is 4.79 Å². The van der Waals surface area contributed by atoms with Gasteiger partial charge in [0.25, 0.3) is 5.91 Å². The molecule has 42 heavy (non-hydrogen) atoms. The van der Waals surface area contributed by atoms with Gasteiger partial charge >= 0.3 is 0 Å². The first-order valence-corrected chi connectivity index (χ1v) is 14.9. The molecule has 7 heteroatoms. The molecule has 5 rings (SSSR count). The van der Waals surface area contributed by atoms with Crippen LogP contribution >= 0.6 is 11.8 Å². The van der Waals surface area contributed by atoms with Crippen LogP contribution in [0.4, 0.5) is 11.4 Å². The number of ether oxygens (including phenoxy) is 1. The number of methoxy groups -OCH3 is 1. The molecule has 0 saturated carbocycles. The number of hydrogen-bond acceptors (Lipinski definition) is 6. The van der Waals surface area contributed by atoms with E-state index in [0.29, 0.717) is 17.0 Å². The summed E-state index contributed by atoms with van der Waals surface area (Å²) in [5.74, 6) is 0.161. The van der Waals surface area contributed by atoms with Crippen LogP contribution in [0.2, 0.25) is 0 Å². The molecule has 1 aromatic heterocycles. The van der Waals surface area contributed by atoms with Crippen LogP contribution in [-0.4, -0.2) is 29.7 Å². The van der Waals surface area contributed by atoms with Crippen molar-refractivity contribution in [3.05, 3.63) is 108 Å². The number of primary amides is 1. The number of unbranched alkanes of at least 4 members (excludes halogenated alkanes) is 2. The second kappa shape index (κ2) is 13.6. The summed E-state index contributed by atoms with van der Waals surface area (Å²) < 4.78 is 5.38. The number of hydrogen-bond donors (Lipinski definition) is 3. The third kappa shape index (κ3) is 6.93. The van der Waals surface area contributed by atoms with Crippen molar-refractivity contribution in [1.29, 1.82) is 0 Å². The number of carbonyl (C=O) groups is 1. The molecule has 0 aliphatic carbocycles. The second-order valence-electron chi connectivity index (χ2n) is 10.3. The summed E-state index contributed by atoms with van der Waals surface area (Å²) in [7, 11) is 1.62. The number of aryl methyl sites for hydroxylation is 2. The van der Waals surface area contributed by atoms with Gasteiger partial charge in [-0.2, -0.15) is 0 Å². The summed E-state index contributed by atoms with van der Waals surface area (Å²) in [6.07, 6.45) is 5.56. The van der Waals surface area contributed by atoms with Gasteiger partial charge in [-0.25, -0.2) is 0 Å². The molecule has 214 valence electrons. The molecular formula is C35H35N3O3S. The Morgan fingerprint density at radius 3 is 2.50 bits per heavy atom. The van der Waals surface area contributed by atoms with Gasteiger partial charge in [-0.3, -0.25) is 9.78 Å². The highest BCUT2D eigenvalue weighted by atomic mass is 32.2. The molecule has 1 heterocycles. The van der Waals surface area contributed by atoms with Crippen LogP contribution in [0.5, 0.6) is 5.75 Å². The Kier molecular flexibility index (Phi) is 9.41. The molecule has 0 aliphatic rings. The maximum absolute atomic E-state index is 12.4. The maximum Gasteiger partial charge on any atom is 0.252 e. The van der Waals surface area contributed by atoms with Crippen molar-refractivity contribution in [1.82, 2.24) is 4.98 Å². The lowest BCUT2D eigenvalue weighted by Gasteiger charge is -2.16. The summed E-state index contributed by atoms with van der Waals surface area (Å²) in [4.78, 5) is 19.1. The normalized spacial score (nSPS) is 11.0. The molecular weight excluding hydrogens is 542 g/mol. The number of nitrogens with one attached hydrogen (secondary N) is 1. The van der Waals surface area contributed by atoms with E-state index >= 15 is 0 Å². The summed E-state index contributed by atoms with van der Waals surface area (Å²) >= 11 is 1.67. The number of aliphatic hydroxyl groups excluding tert-OH is 1. The lowest BCUT2D eigenvalue weighted by molar-refractivity contribution is 0.100. The van der Waals surface area contributed by atoms with Crippen molar-refractivity contribution in [2.24, 2.45) is 5.73 Å². The topological polar surface area (TPSA) is 97.5 Å². The number of rotatable bonds is 12. The molecule has 1 amide bonds. The summed E-state index contributed by atoms with van der Waals surface area (Å²) in [6, 6.07) is 29.0. The predicted molar refractivity (Wildman–Crippen MR) is 172 cm³/mol. The SMILES string of the molecule is COc1cccc(Nc2c(C(N)=O)cnc3c(C)cc(Sc4cccc(-c5ccc(CCCCCO)cc5)c4)cc23)c1. The van der Waals surface area contributed by atoms with Gasteiger partial charge in [-0.1, -0.05) is 60.6 Å². The molecule has 0 fully saturated rings. The van der Waals surface area contributed by atoms with E-state index in [1.165, 1.54) is 17.3 Å². The first-order chi connectivity index (χ1) is 20.4. The van der Waals surface area contributed by atoms with Crippen molar-refractivity contribution in [3.63, 3.8) is 0 Å². The van der Waals surface area contributed by atoms with Gasteiger partial charge in [0.05, 0.1) is 23.9 Å². The minimum absolute atomic E-state index is 0.263. The Hall–Kier alpha value is -4.33. The molecule has 0 aliphatic heterocycles. The smallest absolute Gasteiger partial charge is 0.252 e. The Bertz CT molecular complexity index is 1700. The number of aromatic nitrogens is 1. The van der Waals surface area contributed by atoms with Crippen molar-refractivity contribution in [2.45, 2.75) is 42.4 Å². The highest BCUT2D eigenvalue weighted by Crippen LogP contribution is 2.38. The van der Waals surface area contributed by atoms with Gasteiger partial charge in [-0.05, 0) is 84.8 Å². The monoisotopic (exact) mass is 577 g/mol. The molecule has 0 radical (unpaired) electrons. The molecule has 0 unspecified atom stereocenters. The van der Waals surface area contributed by atoms with E-state index < -0.39 is 5.91 Å². The zero-order chi connectivity index (χ0) is 29.5. The maximum atomic E-state index is 12.4. The minimum Gasteiger partial charge on any atom is -0.497 e. The number of aliphatic hydroxyl groups is 1. The van der Waals surface area contributed by atoms with Crippen LogP contribution in [-0.2, 0) is 6.42 Å². The zero-order valence-corrected chi connectivity index (χ0v) is 24.7. The van der Waals surface area contributed by atoms with Crippen LogP contribution in [0, 0.1) is 6.92 Å². The fraction of sp³-hybridized carbons (Fsp3) is 0.200. The van der Waals surface area contributed by atoms with Gasteiger partial charge in [0.1, 0.15) is 5.75 Å². The molecule has 6 nitrogen and oxygen atoms in total. The second-order valence-corrected chi connectivity index (χ2v) is 11.4. The van der Waals surface area contributed by atoms with Gasteiger partial charge < -0.3 is 20.9 Å². The summed E-state index contributed by atoms with van der Waals surface area (Å²) in [5, 5.41) is 13.2. The van der Waals surface area contributed by atoms with E-state index in [1.807, 2.05) is 31.2 Å². The quantitative estimate of drug-likeness (QED) is 0.130. The molecule has 0 spiro atoms. The van der Waals surface area contributed by atoms with Crippen LogP contribution in [0.15, 0.2) is 101 Å². The molecule has 4 N–H and O–H groups in total. The number of fused-ring (bicyclic) bond motifs is 1. The number of benzene rings is 4. The van der Waals surface area contributed by atoms with Gasteiger partial charge in [0.15, 0.2) is 0 Å². The Balaban J connectivity index is 1.44. The number of carbonyl (C=O) groups excluding carboxylic acids is 1. The van der Waals surface area contributed by atoms with Gasteiger partial charge in [-0.15, -0.1) is 0 Å². The molecule has 4 aromatic carbocycles. The number of anilines is 2. The zero-order valence-electron chi connectivity index (χ0n) is 23.9. The van der Waals surface area contributed by atoms with Crippen molar-refractivity contribution in [3.8, 4) is 16.9 Å². The van der Waals surface area contributed by atoms with E-state index in [4.69, 9.17) is 15.6 Å². The number of pyridine rings is 1. The third-order valence-electron chi connectivity index (χ3n) is 7.22. The highest BCUT2D eigenvalue weighted by molar-refractivity contribution is 7.99. The van der Waals surface area contributed by atoms with Crippen molar-refractivity contribution >= 4 is 39.9 Å². The number of amides is 1. The number of nitrogens with zero attached hydrogens (tertiary/aromatic N) is 1. The molecule has 0 bridgehead atoms. The standard InChI is InChI=1S/C35H35N3O3S/c1-23-18-30(42-29-12-6-9-26(19-29)25-15-13-24(14-16-25)8-4-3-5-17-39)21-31-33(23)37-22-32(35(36)40)34(31)38-27-10-7-11-28(20-27)41-2/h6-7,9-16,18-22,39H,3-5,8,17H2,1-2H3,(H2,36,40)(H,37,38). The first-order valence-electron chi connectivity index (χ1n) is 14.1.